The average molecular weight is 222 g/mol. The fourth-order valence-electron chi connectivity index (χ4n) is 1.97. The van der Waals surface area contributed by atoms with E-state index >= 15 is 0 Å². The third kappa shape index (κ3) is 3.76. The highest BCUT2D eigenvalue weighted by Gasteiger charge is 2.08. The zero-order valence-electron chi connectivity index (χ0n) is 10.2. The van der Waals surface area contributed by atoms with Gasteiger partial charge in [0, 0.05) is 0 Å². The van der Waals surface area contributed by atoms with Crippen LogP contribution in [0.5, 0.6) is 11.5 Å². The molecule has 2 heteroatoms. The summed E-state index contributed by atoms with van der Waals surface area (Å²) in [5.41, 5.74) is 1.11. The largest absolute Gasteiger partial charge is 0.504 e. The Morgan fingerprint density at radius 1 is 1.12 bits per heavy atom. The normalized spacial score (nSPS) is 12.6. The summed E-state index contributed by atoms with van der Waals surface area (Å²) >= 11 is 0. The first kappa shape index (κ1) is 12.9. The maximum absolute atomic E-state index is 9.41. The van der Waals surface area contributed by atoms with Gasteiger partial charge in [-0.05, 0) is 30.0 Å². The summed E-state index contributed by atoms with van der Waals surface area (Å²) in [6.07, 6.45) is 5.90. The zero-order chi connectivity index (χ0) is 12.0. The molecule has 2 N–H and O–H groups in total. The van der Waals surface area contributed by atoms with Crippen molar-refractivity contribution in [3.8, 4) is 11.5 Å². The minimum absolute atomic E-state index is 0.0113. The lowest BCUT2D eigenvalue weighted by Gasteiger charge is -2.14. The quantitative estimate of drug-likeness (QED) is 0.717. The molecular weight excluding hydrogens is 200 g/mol. The van der Waals surface area contributed by atoms with Crippen LogP contribution in [0.4, 0.5) is 0 Å². The number of aromatic hydroxyl groups is 2. The molecule has 0 heterocycles. The summed E-state index contributed by atoms with van der Waals surface area (Å²) in [4.78, 5) is 0. The summed E-state index contributed by atoms with van der Waals surface area (Å²) in [5, 5.41) is 18.6. The fraction of sp³-hybridized carbons (Fsp3) is 0.571. The molecule has 0 saturated heterocycles. The molecule has 1 atom stereocenters. The van der Waals surface area contributed by atoms with E-state index in [2.05, 4.69) is 13.8 Å². The summed E-state index contributed by atoms with van der Waals surface area (Å²) in [5.74, 6) is 0.636. The molecule has 16 heavy (non-hydrogen) atoms. The van der Waals surface area contributed by atoms with Gasteiger partial charge < -0.3 is 10.2 Å². The van der Waals surface area contributed by atoms with Gasteiger partial charge in [0.15, 0.2) is 11.5 Å². The third-order valence-corrected chi connectivity index (χ3v) is 3.11. The molecule has 0 aliphatic rings. The van der Waals surface area contributed by atoms with Gasteiger partial charge in [-0.3, -0.25) is 0 Å². The highest BCUT2D eigenvalue weighted by atomic mass is 16.3. The van der Waals surface area contributed by atoms with E-state index in [-0.39, 0.29) is 11.5 Å². The number of phenolic OH excluding ortho intramolecular Hbond substituents is 2. The first-order valence-electron chi connectivity index (χ1n) is 6.18. The monoisotopic (exact) mass is 222 g/mol. The fourth-order valence-corrected chi connectivity index (χ4v) is 1.97. The molecule has 0 aliphatic carbocycles. The van der Waals surface area contributed by atoms with Gasteiger partial charge in [-0.1, -0.05) is 45.6 Å². The van der Waals surface area contributed by atoms with Gasteiger partial charge in [0.1, 0.15) is 0 Å². The minimum Gasteiger partial charge on any atom is -0.504 e. The zero-order valence-corrected chi connectivity index (χ0v) is 10.2. The molecule has 1 unspecified atom stereocenters. The molecule has 0 bridgehead atoms. The molecule has 2 nitrogen and oxygen atoms in total. The van der Waals surface area contributed by atoms with Gasteiger partial charge in [0.25, 0.3) is 0 Å². The second kappa shape index (κ2) is 6.41. The average Bonchev–Trinajstić information content (AvgIpc) is 2.29. The smallest absolute Gasteiger partial charge is 0.157 e. The maximum atomic E-state index is 9.41. The third-order valence-electron chi connectivity index (χ3n) is 3.11. The molecule has 0 aliphatic heterocycles. The van der Waals surface area contributed by atoms with Crippen molar-refractivity contribution in [1.29, 1.82) is 0 Å². The molecule has 0 amide bonds. The van der Waals surface area contributed by atoms with Crippen LogP contribution in [0, 0.1) is 5.92 Å². The summed E-state index contributed by atoms with van der Waals surface area (Å²) in [6.45, 7) is 4.42. The van der Waals surface area contributed by atoms with Crippen LogP contribution in [0.25, 0.3) is 0 Å². The lowest BCUT2D eigenvalue weighted by Crippen LogP contribution is -2.03. The van der Waals surface area contributed by atoms with Gasteiger partial charge in [-0.2, -0.15) is 0 Å². The summed E-state index contributed by atoms with van der Waals surface area (Å²) < 4.78 is 0. The van der Waals surface area contributed by atoms with E-state index in [0.29, 0.717) is 5.92 Å². The van der Waals surface area contributed by atoms with Crippen molar-refractivity contribution in [1.82, 2.24) is 0 Å². The topological polar surface area (TPSA) is 40.5 Å². The highest BCUT2D eigenvalue weighted by Crippen LogP contribution is 2.27. The Labute approximate surface area is 97.9 Å². The molecule has 1 rings (SSSR count). The van der Waals surface area contributed by atoms with Crippen LogP contribution in [0.1, 0.15) is 45.1 Å². The van der Waals surface area contributed by atoms with Crippen molar-refractivity contribution in [2.75, 3.05) is 0 Å². The van der Waals surface area contributed by atoms with E-state index in [1.54, 1.807) is 12.1 Å². The van der Waals surface area contributed by atoms with Crippen LogP contribution >= 0.6 is 0 Å². The van der Waals surface area contributed by atoms with E-state index in [1.807, 2.05) is 6.07 Å². The number of benzene rings is 1. The summed E-state index contributed by atoms with van der Waals surface area (Å²) in [7, 11) is 0. The Balaban J connectivity index is 2.59. The molecule has 90 valence electrons. The second-order valence-electron chi connectivity index (χ2n) is 4.44. The Morgan fingerprint density at radius 2 is 1.88 bits per heavy atom. The van der Waals surface area contributed by atoms with E-state index in [0.717, 1.165) is 12.0 Å². The number of phenols is 2. The molecule has 0 aromatic heterocycles. The number of unbranched alkanes of at least 4 members (excludes halogenated alkanes) is 1. The maximum Gasteiger partial charge on any atom is 0.157 e. The van der Waals surface area contributed by atoms with Crippen LogP contribution in [0.2, 0.25) is 0 Å². The van der Waals surface area contributed by atoms with E-state index in [9.17, 15) is 10.2 Å². The summed E-state index contributed by atoms with van der Waals surface area (Å²) in [6, 6.07) is 5.13. The molecule has 0 saturated carbocycles. The van der Waals surface area contributed by atoms with Crippen molar-refractivity contribution in [3.05, 3.63) is 23.8 Å². The lowest BCUT2D eigenvalue weighted by atomic mass is 9.92. The van der Waals surface area contributed by atoms with E-state index in [4.69, 9.17) is 0 Å². The van der Waals surface area contributed by atoms with Gasteiger partial charge in [0.05, 0.1) is 0 Å². The number of hydrogen-bond donors (Lipinski definition) is 2. The Hall–Kier alpha value is -1.18. The first-order valence-corrected chi connectivity index (χ1v) is 6.18. The van der Waals surface area contributed by atoms with Crippen molar-refractivity contribution in [2.24, 2.45) is 5.92 Å². The Kier molecular flexibility index (Phi) is 5.17. The second-order valence-corrected chi connectivity index (χ2v) is 4.44. The molecule has 0 spiro atoms. The molecule has 0 fully saturated rings. The predicted octanol–water partition coefficient (Wildman–Crippen LogP) is 3.86. The number of rotatable bonds is 6. The Morgan fingerprint density at radius 3 is 2.44 bits per heavy atom. The first-order chi connectivity index (χ1) is 7.67. The van der Waals surface area contributed by atoms with Crippen LogP contribution in [-0.4, -0.2) is 10.2 Å². The highest BCUT2D eigenvalue weighted by molar-refractivity contribution is 5.40. The van der Waals surface area contributed by atoms with Crippen LogP contribution < -0.4 is 0 Å². The molecule has 1 aromatic rings. The minimum atomic E-state index is -0.0367. The van der Waals surface area contributed by atoms with Gasteiger partial charge >= 0.3 is 0 Å². The Bertz CT molecular complexity index is 321. The van der Waals surface area contributed by atoms with Crippen LogP contribution in [0.3, 0.4) is 0 Å². The van der Waals surface area contributed by atoms with Gasteiger partial charge in [-0.25, -0.2) is 0 Å². The van der Waals surface area contributed by atoms with Gasteiger partial charge in [-0.15, -0.1) is 0 Å². The van der Waals surface area contributed by atoms with Crippen molar-refractivity contribution in [2.45, 2.75) is 46.0 Å². The SMILES string of the molecule is CCCCC(CC)Cc1ccc(O)c(O)c1. The predicted molar refractivity (Wildman–Crippen MR) is 66.8 cm³/mol. The standard InChI is InChI=1S/C14H22O2/c1-3-5-6-11(4-2)9-12-7-8-13(15)14(16)10-12/h7-8,10-11,15-16H,3-6,9H2,1-2H3. The van der Waals surface area contributed by atoms with Crippen molar-refractivity contribution < 1.29 is 10.2 Å². The van der Waals surface area contributed by atoms with Crippen LogP contribution in [0.15, 0.2) is 18.2 Å². The molecular formula is C14H22O2. The van der Waals surface area contributed by atoms with Crippen LogP contribution in [-0.2, 0) is 6.42 Å². The lowest BCUT2D eigenvalue weighted by molar-refractivity contribution is 0.401. The van der Waals surface area contributed by atoms with E-state index < -0.39 is 0 Å². The van der Waals surface area contributed by atoms with Crippen molar-refractivity contribution >= 4 is 0 Å². The van der Waals surface area contributed by atoms with E-state index in [1.165, 1.54) is 25.7 Å². The van der Waals surface area contributed by atoms with Gasteiger partial charge in [0.2, 0.25) is 0 Å². The molecule has 0 radical (unpaired) electrons. The molecule has 1 aromatic carbocycles. The van der Waals surface area contributed by atoms with Crippen molar-refractivity contribution in [3.63, 3.8) is 0 Å². The number of hydrogen-bond acceptors (Lipinski definition) is 2.